The van der Waals surface area contributed by atoms with E-state index in [1.807, 2.05) is 19.1 Å². The lowest BCUT2D eigenvalue weighted by Gasteiger charge is -2.03. The second-order valence-corrected chi connectivity index (χ2v) is 5.40. The molecular weight excluding hydrogens is 306 g/mol. The van der Waals surface area contributed by atoms with Crippen LogP contribution in [0.15, 0.2) is 22.7 Å². The minimum Gasteiger partial charge on any atom is -0.466 e. The van der Waals surface area contributed by atoms with Crippen molar-refractivity contribution in [3.05, 3.63) is 33.9 Å². The molecule has 0 aliphatic carbocycles. The van der Waals surface area contributed by atoms with Crippen LogP contribution in [0.25, 0.3) is 10.9 Å². The molecule has 2 rings (SSSR count). The van der Waals surface area contributed by atoms with Crippen LogP contribution >= 0.6 is 15.9 Å². The van der Waals surface area contributed by atoms with E-state index in [9.17, 15) is 4.79 Å². The van der Waals surface area contributed by atoms with Crippen molar-refractivity contribution in [2.75, 3.05) is 6.61 Å². The van der Waals surface area contributed by atoms with Gasteiger partial charge in [0.25, 0.3) is 0 Å². The van der Waals surface area contributed by atoms with Crippen molar-refractivity contribution in [2.24, 2.45) is 0 Å². The summed E-state index contributed by atoms with van der Waals surface area (Å²) >= 11 is 3.55. The quantitative estimate of drug-likeness (QED) is 0.841. The maximum atomic E-state index is 11.3. The monoisotopic (exact) mass is 323 g/mol. The van der Waals surface area contributed by atoms with Crippen LogP contribution in [0.3, 0.4) is 0 Å². The zero-order chi connectivity index (χ0) is 13.8. The third kappa shape index (κ3) is 3.18. The summed E-state index contributed by atoms with van der Waals surface area (Å²) in [7, 11) is 0. The van der Waals surface area contributed by atoms with E-state index in [4.69, 9.17) is 4.74 Å². The number of aromatic amines is 1. The van der Waals surface area contributed by atoms with Gasteiger partial charge in [0.15, 0.2) is 0 Å². The van der Waals surface area contributed by atoms with Crippen LogP contribution in [0.5, 0.6) is 0 Å². The van der Waals surface area contributed by atoms with Gasteiger partial charge < -0.3 is 9.72 Å². The normalized spacial score (nSPS) is 10.9. The van der Waals surface area contributed by atoms with Gasteiger partial charge in [0, 0.05) is 22.0 Å². The van der Waals surface area contributed by atoms with E-state index < -0.39 is 0 Å². The molecule has 0 atom stereocenters. The highest BCUT2D eigenvalue weighted by atomic mass is 79.9. The molecule has 0 aliphatic heterocycles. The lowest BCUT2D eigenvalue weighted by atomic mass is 10.0. The molecular formula is C15H18BrNO2. The lowest BCUT2D eigenvalue weighted by Crippen LogP contribution is -2.04. The summed E-state index contributed by atoms with van der Waals surface area (Å²) < 4.78 is 6.02. The molecule has 2 aromatic rings. The molecule has 0 aliphatic rings. The number of H-pyrrole nitrogens is 1. The fourth-order valence-corrected chi connectivity index (χ4v) is 2.80. The minimum atomic E-state index is -0.110. The van der Waals surface area contributed by atoms with E-state index in [1.54, 1.807) is 0 Å². The topological polar surface area (TPSA) is 42.1 Å². The van der Waals surface area contributed by atoms with Gasteiger partial charge in [-0.15, -0.1) is 0 Å². The molecule has 0 amide bonds. The first kappa shape index (κ1) is 14.1. The van der Waals surface area contributed by atoms with E-state index >= 15 is 0 Å². The number of carbonyl (C=O) groups is 1. The van der Waals surface area contributed by atoms with E-state index in [-0.39, 0.29) is 5.97 Å². The first-order valence-corrected chi connectivity index (χ1v) is 7.34. The second kappa shape index (κ2) is 6.24. The molecule has 1 N–H and O–H groups in total. The molecule has 0 bridgehead atoms. The molecule has 0 spiro atoms. The van der Waals surface area contributed by atoms with Crippen LogP contribution in [0.4, 0.5) is 0 Å². The van der Waals surface area contributed by atoms with Gasteiger partial charge in [0.1, 0.15) is 0 Å². The van der Waals surface area contributed by atoms with E-state index in [0.717, 1.165) is 22.8 Å². The predicted molar refractivity (Wildman–Crippen MR) is 80.3 cm³/mol. The predicted octanol–water partition coefficient (Wildman–Crippen LogP) is 4.12. The van der Waals surface area contributed by atoms with Gasteiger partial charge in [0.05, 0.1) is 12.1 Å². The Balaban J connectivity index is 2.10. The van der Waals surface area contributed by atoms with Gasteiger partial charge >= 0.3 is 5.97 Å². The molecule has 0 saturated heterocycles. The van der Waals surface area contributed by atoms with Gasteiger partial charge in [-0.05, 0) is 54.2 Å². The summed E-state index contributed by atoms with van der Waals surface area (Å²) in [5.41, 5.74) is 3.59. The molecule has 102 valence electrons. The maximum Gasteiger partial charge on any atom is 0.305 e. The Morgan fingerprint density at radius 2 is 2.21 bits per heavy atom. The molecule has 0 radical (unpaired) electrons. The van der Waals surface area contributed by atoms with Gasteiger partial charge in [-0.25, -0.2) is 0 Å². The number of nitrogens with one attached hydrogen (secondary N) is 1. The Kier molecular flexibility index (Phi) is 4.64. The number of rotatable bonds is 5. The van der Waals surface area contributed by atoms with Crippen molar-refractivity contribution in [1.29, 1.82) is 0 Å². The standard InChI is InChI=1S/C15H18BrNO2/c1-3-19-14(18)9-5-6-11-10(2)17-15-12(11)7-4-8-13(15)16/h4,7-8,17H,3,5-6,9H2,1-2H3. The van der Waals surface area contributed by atoms with Crippen molar-refractivity contribution in [3.8, 4) is 0 Å². The van der Waals surface area contributed by atoms with Crippen molar-refractivity contribution in [2.45, 2.75) is 33.1 Å². The number of halogens is 1. The number of hydrogen-bond acceptors (Lipinski definition) is 2. The Hall–Kier alpha value is -1.29. The van der Waals surface area contributed by atoms with Crippen LogP contribution in [0.1, 0.15) is 31.0 Å². The molecule has 19 heavy (non-hydrogen) atoms. The number of benzene rings is 1. The molecule has 1 aromatic carbocycles. The van der Waals surface area contributed by atoms with Gasteiger partial charge in [0.2, 0.25) is 0 Å². The molecule has 0 fully saturated rings. The van der Waals surface area contributed by atoms with E-state index in [2.05, 4.69) is 33.9 Å². The van der Waals surface area contributed by atoms with Crippen molar-refractivity contribution < 1.29 is 9.53 Å². The van der Waals surface area contributed by atoms with Gasteiger partial charge in [-0.3, -0.25) is 4.79 Å². The lowest BCUT2D eigenvalue weighted by molar-refractivity contribution is -0.143. The van der Waals surface area contributed by atoms with E-state index in [1.165, 1.54) is 16.6 Å². The average molecular weight is 324 g/mol. The molecule has 0 saturated carbocycles. The number of para-hydroxylation sites is 1. The Morgan fingerprint density at radius 1 is 1.42 bits per heavy atom. The maximum absolute atomic E-state index is 11.3. The summed E-state index contributed by atoms with van der Waals surface area (Å²) in [5, 5.41) is 1.23. The highest BCUT2D eigenvalue weighted by molar-refractivity contribution is 9.10. The van der Waals surface area contributed by atoms with Crippen LogP contribution in [0, 0.1) is 6.92 Å². The largest absolute Gasteiger partial charge is 0.466 e. The van der Waals surface area contributed by atoms with Crippen LogP contribution in [0.2, 0.25) is 0 Å². The Labute approximate surface area is 121 Å². The number of carbonyl (C=O) groups excluding carboxylic acids is 1. The summed E-state index contributed by atoms with van der Waals surface area (Å²) in [6.07, 6.45) is 2.19. The zero-order valence-corrected chi connectivity index (χ0v) is 12.8. The van der Waals surface area contributed by atoms with Crippen LogP contribution in [-0.4, -0.2) is 17.6 Å². The highest BCUT2D eigenvalue weighted by Gasteiger charge is 2.11. The fourth-order valence-electron chi connectivity index (χ4n) is 2.33. The average Bonchev–Trinajstić information content (AvgIpc) is 2.68. The van der Waals surface area contributed by atoms with Crippen molar-refractivity contribution in [3.63, 3.8) is 0 Å². The molecule has 4 heteroatoms. The summed E-state index contributed by atoms with van der Waals surface area (Å²) in [4.78, 5) is 14.7. The smallest absolute Gasteiger partial charge is 0.305 e. The summed E-state index contributed by atoms with van der Waals surface area (Å²) in [6.45, 7) is 4.36. The first-order chi connectivity index (χ1) is 9.13. The third-order valence-corrected chi connectivity index (χ3v) is 3.88. The molecule has 1 aromatic heterocycles. The van der Waals surface area contributed by atoms with E-state index in [0.29, 0.717) is 13.0 Å². The number of ether oxygens (including phenoxy) is 1. The van der Waals surface area contributed by atoms with Crippen LogP contribution in [-0.2, 0) is 16.0 Å². The SMILES string of the molecule is CCOC(=O)CCCc1c(C)[nH]c2c(Br)cccc12. The minimum absolute atomic E-state index is 0.110. The van der Waals surface area contributed by atoms with Crippen molar-refractivity contribution in [1.82, 2.24) is 4.98 Å². The number of aromatic nitrogens is 1. The number of fused-ring (bicyclic) bond motifs is 1. The van der Waals surface area contributed by atoms with Crippen LogP contribution < -0.4 is 0 Å². The molecule has 1 heterocycles. The number of esters is 1. The van der Waals surface area contributed by atoms with Gasteiger partial charge in [-0.2, -0.15) is 0 Å². The first-order valence-electron chi connectivity index (χ1n) is 6.54. The van der Waals surface area contributed by atoms with Crippen molar-refractivity contribution >= 4 is 32.8 Å². The third-order valence-electron chi connectivity index (χ3n) is 3.22. The number of aryl methyl sites for hydroxylation is 2. The Bertz CT molecular complexity index is 589. The molecule has 3 nitrogen and oxygen atoms in total. The highest BCUT2D eigenvalue weighted by Crippen LogP contribution is 2.29. The van der Waals surface area contributed by atoms with Gasteiger partial charge in [-0.1, -0.05) is 12.1 Å². The Morgan fingerprint density at radius 3 is 2.95 bits per heavy atom. The summed E-state index contributed by atoms with van der Waals surface area (Å²) in [6, 6.07) is 6.18. The zero-order valence-electron chi connectivity index (χ0n) is 11.3. The summed E-state index contributed by atoms with van der Waals surface area (Å²) in [5.74, 6) is -0.110. The second-order valence-electron chi connectivity index (χ2n) is 4.55. The fraction of sp³-hybridized carbons (Fsp3) is 0.400. The number of hydrogen-bond donors (Lipinski definition) is 1. The molecule has 0 unspecified atom stereocenters.